The summed E-state index contributed by atoms with van der Waals surface area (Å²) in [4.78, 5) is 31.6. The maximum absolute atomic E-state index is 12.6. The molecular formula is C25H26N4O3. The molecule has 0 saturated carbocycles. The summed E-state index contributed by atoms with van der Waals surface area (Å²) in [5.41, 5.74) is 4.09. The van der Waals surface area contributed by atoms with E-state index in [9.17, 15) is 9.59 Å². The number of hydrogen-bond donors (Lipinski definition) is 2. The van der Waals surface area contributed by atoms with Crippen molar-refractivity contribution in [3.63, 3.8) is 0 Å². The van der Waals surface area contributed by atoms with Crippen LogP contribution < -0.4 is 15.4 Å². The molecule has 1 aliphatic rings. The summed E-state index contributed by atoms with van der Waals surface area (Å²) in [6.07, 6.45) is 4.48. The van der Waals surface area contributed by atoms with Crippen molar-refractivity contribution in [3.05, 3.63) is 89.7 Å². The molecule has 3 aromatic rings. The summed E-state index contributed by atoms with van der Waals surface area (Å²) in [5.74, 6) is -0.931. The fourth-order valence-corrected chi connectivity index (χ4v) is 4.01. The first-order chi connectivity index (χ1) is 15.7. The molecule has 2 heterocycles. The zero-order valence-electron chi connectivity index (χ0n) is 18.0. The van der Waals surface area contributed by atoms with Crippen LogP contribution in [-0.2, 0) is 22.6 Å². The number of amides is 2. The zero-order valence-corrected chi connectivity index (χ0v) is 18.0. The van der Waals surface area contributed by atoms with Gasteiger partial charge in [-0.25, -0.2) is 0 Å². The molecule has 1 atom stereocenters. The molecule has 2 N–H and O–H groups in total. The molecule has 4 rings (SSSR count). The third-order valence-corrected chi connectivity index (χ3v) is 5.69. The van der Waals surface area contributed by atoms with Gasteiger partial charge >= 0.3 is 11.8 Å². The van der Waals surface area contributed by atoms with Gasteiger partial charge in [-0.1, -0.05) is 42.5 Å². The molecule has 0 bridgehead atoms. The van der Waals surface area contributed by atoms with Gasteiger partial charge in [-0.15, -0.1) is 0 Å². The first-order valence-electron chi connectivity index (χ1n) is 10.6. The minimum absolute atomic E-state index is 0.0972. The van der Waals surface area contributed by atoms with Gasteiger partial charge in [0.05, 0.1) is 18.8 Å². The number of carbonyl (C=O) groups is 2. The number of nitrogens with one attached hydrogen (secondary N) is 2. The fourth-order valence-electron chi connectivity index (χ4n) is 4.01. The summed E-state index contributed by atoms with van der Waals surface area (Å²) >= 11 is 0. The quantitative estimate of drug-likeness (QED) is 0.588. The minimum atomic E-state index is -0.733. The number of fused-ring (bicyclic) bond motifs is 1. The van der Waals surface area contributed by atoms with E-state index >= 15 is 0 Å². The number of nitrogens with zero attached hydrogens (tertiary/aromatic N) is 2. The number of methoxy groups -OCH3 is 1. The number of aromatic nitrogens is 1. The van der Waals surface area contributed by atoms with Crippen molar-refractivity contribution in [2.45, 2.75) is 19.0 Å². The van der Waals surface area contributed by atoms with Gasteiger partial charge in [0.1, 0.15) is 5.75 Å². The summed E-state index contributed by atoms with van der Waals surface area (Å²) in [5, 5.41) is 5.41. The standard InChI is InChI=1S/C25H26N4O3/c1-32-23-11-5-4-10-21(23)28-25(31)24(30)27-16-22(19-9-6-13-26-15-19)29-14-12-18-7-2-3-8-20(18)17-29/h2-11,13,15,22H,12,14,16-17H2,1H3,(H,27,30)(H,28,31)/t22-/m1/s1. The summed E-state index contributed by atoms with van der Waals surface area (Å²) < 4.78 is 5.23. The molecule has 2 aromatic carbocycles. The smallest absolute Gasteiger partial charge is 0.313 e. The van der Waals surface area contributed by atoms with Gasteiger partial charge in [-0.3, -0.25) is 19.5 Å². The van der Waals surface area contributed by atoms with Crippen molar-refractivity contribution in [2.24, 2.45) is 0 Å². The van der Waals surface area contributed by atoms with E-state index in [0.29, 0.717) is 18.0 Å². The predicted octanol–water partition coefficient (Wildman–Crippen LogP) is 2.94. The Balaban J connectivity index is 1.45. The molecule has 2 amide bonds. The molecule has 0 spiro atoms. The van der Waals surface area contributed by atoms with Crippen molar-refractivity contribution in [1.29, 1.82) is 0 Å². The third-order valence-electron chi connectivity index (χ3n) is 5.69. The van der Waals surface area contributed by atoms with Crippen LogP contribution in [0.2, 0.25) is 0 Å². The number of ether oxygens (including phenoxy) is 1. The lowest BCUT2D eigenvalue weighted by molar-refractivity contribution is -0.136. The van der Waals surface area contributed by atoms with Crippen LogP contribution in [0.15, 0.2) is 73.1 Å². The molecule has 7 heteroatoms. The Labute approximate surface area is 187 Å². The van der Waals surface area contributed by atoms with E-state index in [0.717, 1.165) is 25.1 Å². The van der Waals surface area contributed by atoms with Crippen LogP contribution in [0.1, 0.15) is 22.7 Å². The van der Waals surface area contributed by atoms with Gasteiger partial charge in [0.2, 0.25) is 0 Å². The van der Waals surface area contributed by atoms with E-state index in [1.807, 2.05) is 24.4 Å². The van der Waals surface area contributed by atoms with Crippen LogP contribution in [-0.4, -0.2) is 41.9 Å². The maximum Gasteiger partial charge on any atom is 0.313 e. The molecule has 7 nitrogen and oxygen atoms in total. The van der Waals surface area contributed by atoms with Gasteiger partial charge in [0.15, 0.2) is 0 Å². The number of pyridine rings is 1. The highest BCUT2D eigenvalue weighted by Crippen LogP contribution is 2.27. The number of rotatable bonds is 6. The van der Waals surface area contributed by atoms with E-state index in [1.54, 1.807) is 30.5 Å². The van der Waals surface area contributed by atoms with Crippen LogP contribution in [0, 0.1) is 0 Å². The van der Waals surface area contributed by atoms with Crippen molar-refractivity contribution >= 4 is 17.5 Å². The van der Waals surface area contributed by atoms with E-state index in [4.69, 9.17) is 4.74 Å². The van der Waals surface area contributed by atoms with E-state index in [2.05, 4.69) is 38.7 Å². The first-order valence-corrected chi connectivity index (χ1v) is 10.6. The lowest BCUT2D eigenvalue weighted by Crippen LogP contribution is -2.43. The fraction of sp³-hybridized carbons (Fsp3) is 0.240. The van der Waals surface area contributed by atoms with Crippen molar-refractivity contribution in [2.75, 3.05) is 25.5 Å². The molecule has 1 aliphatic heterocycles. The molecule has 0 saturated heterocycles. The third kappa shape index (κ3) is 4.95. The highest BCUT2D eigenvalue weighted by molar-refractivity contribution is 6.39. The molecule has 0 fully saturated rings. The zero-order chi connectivity index (χ0) is 22.3. The van der Waals surface area contributed by atoms with Crippen LogP contribution in [0.3, 0.4) is 0 Å². The highest BCUT2D eigenvalue weighted by Gasteiger charge is 2.26. The van der Waals surface area contributed by atoms with Crippen LogP contribution in [0.4, 0.5) is 5.69 Å². The van der Waals surface area contributed by atoms with Crippen molar-refractivity contribution in [3.8, 4) is 5.75 Å². The van der Waals surface area contributed by atoms with Crippen LogP contribution >= 0.6 is 0 Å². The second-order valence-electron chi connectivity index (χ2n) is 7.66. The number of anilines is 1. The summed E-state index contributed by atoms with van der Waals surface area (Å²) in [6.45, 7) is 1.94. The average molecular weight is 431 g/mol. The Kier molecular flexibility index (Phi) is 6.77. The Morgan fingerprint density at radius 1 is 1.03 bits per heavy atom. The lowest BCUT2D eigenvalue weighted by Gasteiger charge is -2.35. The molecule has 32 heavy (non-hydrogen) atoms. The maximum atomic E-state index is 12.6. The number of benzene rings is 2. The normalized spacial score (nSPS) is 14.2. The number of hydrogen-bond acceptors (Lipinski definition) is 5. The Bertz CT molecular complexity index is 1090. The predicted molar refractivity (Wildman–Crippen MR) is 122 cm³/mol. The topological polar surface area (TPSA) is 83.6 Å². The van der Waals surface area contributed by atoms with Gasteiger partial charge in [0, 0.05) is 32.0 Å². The minimum Gasteiger partial charge on any atom is -0.495 e. The first kappa shape index (κ1) is 21.5. The second-order valence-corrected chi connectivity index (χ2v) is 7.66. The summed E-state index contributed by atoms with van der Waals surface area (Å²) in [7, 11) is 1.51. The second kappa shape index (κ2) is 10.1. The van der Waals surface area contributed by atoms with Gasteiger partial charge < -0.3 is 15.4 Å². The Morgan fingerprint density at radius 2 is 1.81 bits per heavy atom. The van der Waals surface area contributed by atoms with E-state index < -0.39 is 11.8 Å². The van der Waals surface area contributed by atoms with E-state index in [-0.39, 0.29) is 6.04 Å². The molecule has 0 aliphatic carbocycles. The largest absolute Gasteiger partial charge is 0.495 e. The SMILES string of the molecule is COc1ccccc1NC(=O)C(=O)NC[C@H](c1cccnc1)N1CCc2ccccc2C1. The molecule has 164 valence electrons. The monoisotopic (exact) mass is 430 g/mol. The van der Waals surface area contributed by atoms with E-state index in [1.165, 1.54) is 18.2 Å². The van der Waals surface area contributed by atoms with Crippen LogP contribution in [0.5, 0.6) is 5.75 Å². The van der Waals surface area contributed by atoms with Gasteiger partial charge in [-0.2, -0.15) is 0 Å². The van der Waals surface area contributed by atoms with Crippen molar-refractivity contribution < 1.29 is 14.3 Å². The number of para-hydroxylation sites is 2. The molecule has 1 aromatic heterocycles. The van der Waals surface area contributed by atoms with Gasteiger partial charge in [0.25, 0.3) is 0 Å². The highest BCUT2D eigenvalue weighted by atomic mass is 16.5. The van der Waals surface area contributed by atoms with Crippen LogP contribution in [0.25, 0.3) is 0 Å². The lowest BCUT2D eigenvalue weighted by atomic mass is 9.97. The molecule has 0 radical (unpaired) electrons. The van der Waals surface area contributed by atoms with Crippen molar-refractivity contribution in [1.82, 2.24) is 15.2 Å². The Hall–Kier alpha value is -3.71. The summed E-state index contributed by atoms with van der Waals surface area (Å²) in [6, 6.07) is 19.2. The molecule has 0 unspecified atom stereocenters. The van der Waals surface area contributed by atoms with Gasteiger partial charge in [-0.05, 0) is 41.3 Å². The Morgan fingerprint density at radius 3 is 2.59 bits per heavy atom. The molecular weight excluding hydrogens is 404 g/mol. The number of carbonyl (C=O) groups excluding carboxylic acids is 2. The average Bonchev–Trinajstić information content (AvgIpc) is 2.85.